The summed E-state index contributed by atoms with van der Waals surface area (Å²) in [5.74, 6) is 0.399. The van der Waals surface area contributed by atoms with Crippen molar-refractivity contribution in [1.82, 2.24) is 29.6 Å². The molecule has 1 aromatic carbocycles. The fourth-order valence-corrected chi connectivity index (χ4v) is 3.96. The van der Waals surface area contributed by atoms with Gasteiger partial charge in [-0.1, -0.05) is 29.6 Å². The van der Waals surface area contributed by atoms with Gasteiger partial charge in [-0.05, 0) is 49.2 Å². The molecular weight excluding hydrogens is 420 g/mol. The summed E-state index contributed by atoms with van der Waals surface area (Å²) in [6, 6.07) is 10.7. The molecule has 1 fully saturated rings. The Morgan fingerprint density at radius 3 is 2.74 bits per heavy atom. The van der Waals surface area contributed by atoms with Gasteiger partial charge in [0.1, 0.15) is 6.54 Å². The molecule has 0 radical (unpaired) electrons. The minimum Gasteiger partial charge on any atom is -0.352 e. The number of nitrogens with one attached hydrogen (secondary N) is 1. The van der Waals surface area contributed by atoms with Gasteiger partial charge in [-0.25, -0.2) is 13.9 Å². The molecule has 31 heavy (non-hydrogen) atoms. The lowest BCUT2D eigenvalue weighted by molar-refractivity contribution is -0.122. The molecule has 1 amide bonds. The number of aromatic nitrogens is 5. The first-order valence-electron chi connectivity index (χ1n) is 10.1. The highest BCUT2D eigenvalue weighted by molar-refractivity contribution is 6.30. The Morgan fingerprint density at radius 1 is 1.19 bits per heavy atom. The van der Waals surface area contributed by atoms with Crippen LogP contribution < -0.4 is 11.0 Å². The number of amides is 1. The molecule has 0 atom stereocenters. The summed E-state index contributed by atoms with van der Waals surface area (Å²) in [5, 5.41) is 12.0. The quantitative estimate of drug-likeness (QED) is 0.513. The van der Waals surface area contributed by atoms with Gasteiger partial charge in [0, 0.05) is 22.8 Å². The van der Waals surface area contributed by atoms with Crippen molar-refractivity contribution in [2.75, 3.05) is 0 Å². The van der Waals surface area contributed by atoms with Gasteiger partial charge in [-0.15, -0.1) is 5.10 Å². The minimum absolute atomic E-state index is 0.143. The van der Waals surface area contributed by atoms with E-state index in [4.69, 9.17) is 16.1 Å². The van der Waals surface area contributed by atoms with Crippen LogP contribution in [-0.2, 0) is 11.3 Å². The van der Waals surface area contributed by atoms with Crippen molar-refractivity contribution in [2.45, 2.75) is 38.3 Å². The first-order valence-corrected chi connectivity index (χ1v) is 10.4. The highest BCUT2D eigenvalue weighted by atomic mass is 35.5. The van der Waals surface area contributed by atoms with Gasteiger partial charge in [0.25, 0.3) is 5.89 Å². The molecule has 4 aromatic rings. The second kappa shape index (κ2) is 7.99. The third-order valence-corrected chi connectivity index (χ3v) is 5.63. The van der Waals surface area contributed by atoms with Crippen molar-refractivity contribution >= 4 is 23.2 Å². The number of carbonyl (C=O) groups is 1. The van der Waals surface area contributed by atoms with E-state index in [9.17, 15) is 9.59 Å². The van der Waals surface area contributed by atoms with E-state index < -0.39 is 5.69 Å². The van der Waals surface area contributed by atoms with E-state index in [2.05, 4.69) is 20.6 Å². The summed E-state index contributed by atoms with van der Waals surface area (Å²) in [7, 11) is 0. The standard InChI is InChI=1S/C21H19ClN6O3/c22-14-9-7-13(8-10-14)18-24-20(31-26-18)16-6-3-11-27-19(16)25-28(21(27)30)12-17(29)23-15-4-1-2-5-15/h3,6-11,15H,1-2,4-5,12H2,(H,23,29). The molecule has 158 valence electrons. The fourth-order valence-electron chi connectivity index (χ4n) is 3.84. The zero-order valence-electron chi connectivity index (χ0n) is 16.5. The number of nitrogens with zero attached hydrogens (tertiary/aromatic N) is 5. The predicted octanol–water partition coefficient (Wildman–Crippen LogP) is 2.93. The average Bonchev–Trinajstić information content (AvgIpc) is 3.51. The van der Waals surface area contributed by atoms with Crippen molar-refractivity contribution in [1.29, 1.82) is 0 Å². The van der Waals surface area contributed by atoms with E-state index in [1.54, 1.807) is 42.6 Å². The van der Waals surface area contributed by atoms with Gasteiger partial charge in [0.2, 0.25) is 11.7 Å². The molecule has 1 aliphatic rings. The first-order chi connectivity index (χ1) is 15.1. The molecule has 0 saturated heterocycles. The smallest absolute Gasteiger partial charge is 0.350 e. The van der Waals surface area contributed by atoms with Crippen LogP contribution in [0.15, 0.2) is 51.9 Å². The molecule has 1 saturated carbocycles. The summed E-state index contributed by atoms with van der Waals surface area (Å²) in [6.45, 7) is -0.143. The van der Waals surface area contributed by atoms with Crippen LogP contribution in [0, 0.1) is 0 Å². The Morgan fingerprint density at radius 2 is 1.97 bits per heavy atom. The van der Waals surface area contributed by atoms with Crippen LogP contribution in [0.5, 0.6) is 0 Å². The molecule has 10 heteroatoms. The van der Waals surface area contributed by atoms with E-state index in [1.165, 1.54) is 4.40 Å². The maximum atomic E-state index is 12.7. The van der Waals surface area contributed by atoms with Crippen LogP contribution in [0.1, 0.15) is 25.7 Å². The lowest BCUT2D eigenvalue weighted by atomic mass is 10.2. The predicted molar refractivity (Wildman–Crippen MR) is 114 cm³/mol. The molecule has 1 aliphatic carbocycles. The van der Waals surface area contributed by atoms with E-state index in [0.717, 1.165) is 35.9 Å². The SMILES string of the molecule is O=C(Cn1nc2c(-c3nc(-c4ccc(Cl)cc4)no3)cccn2c1=O)NC1CCCC1. The van der Waals surface area contributed by atoms with Crippen molar-refractivity contribution in [2.24, 2.45) is 0 Å². The molecule has 5 rings (SSSR count). The first kappa shape index (κ1) is 19.5. The van der Waals surface area contributed by atoms with E-state index in [1.807, 2.05) is 0 Å². The highest BCUT2D eigenvalue weighted by Crippen LogP contribution is 2.25. The van der Waals surface area contributed by atoms with Crippen LogP contribution in [0.2, 0.25) is 5.02 Å². The maximum absolute atomic E-state index is 12.7. The minimum atomic E-state index is -0.407. The molecule has 0 bridgehead atoms. The van der Waals surface area contributed by atoms with E-state index in [0.29, 0.717) is 22.1 Å². The van der Waals surface area contributed by atoms with Crippen molar-refractivity contribution in [3.63, 3.8) is 0 Å². The monoisotopic (exact) mass is 438 g/mol. The zero-order valence-corrected chi connectivity index (χ0v) is 17.2. The number of halogens is 1. The Kier molecular flexibility index (Phi) is 5.03. The third kappa shape index (κ3) is 3.84. The van der Waals surface area contributed by atoms with Gasteiger partial charge in [0.05, 0.1) is 5.56 Å². The Bertz CT molecular complexity index is 1300. The normalized spacial score (nSPS) is 14.4. The van der Waals surface area contributed by atoms with Crippen LogP contribution in [0.25, 0.3) is 28.5 Å². The number of hydrogen-bond acceptors (Lipinski definition) is 6. The molecule has 0 unspecified atom stereocenters. The van der Waals surface area contributed by atoms with Crippen LogP contribution in [0.3, 0.4) is 0 Å². The lowest BCUT2D eigenvalue weighted by Crippen LogP contribution is -2.37. The molecule has 1 N–H and O–H groups in total. The summed E-state index contributed by atoms with van der Waals surface area (Å²) >= 11 is 5.93. The van der Waals surface area contributed by atoms with Crippen molar-refractivity contribution < 1.29 is 9.32 Å². The van der Waals surface area contributed by atoms with Crippen LogP contribution in [-0.4, -0.2) is 36.3 Å². The number of hydrogen-bond donors (Lipinski definition) is 1. The Balaban J connectivity index is 1.45. The van der Waals surface area contributed by atoms with Gasteiger partial charge in [-0.3, -0.25) is 4.79 Å². The van der Waals surface area contributed by atoms with Gasteiger partial charge in [0.15, 0.2) is 5.65 Å². The number of fused-ring (bicyclic) bond motifs is 1. The lowest BCUT2D eigenvalue weighted by Gasteiger charge is -2.10. The molecule has 0 aliphatic heterocycles. The Hall–Kier alpha value is -3.46. The van der Waals surface area contributed by atoms with Gasteiger partial charge < -0.3 is 9.84 Å². The van der Waals surface area contributed by atoms with E-state index >= 15 is 0 Å². The summed E-state index contributed by atoms with van der Waals surface area (Å²) in [6.07, 6.45) is 5.78. The molecular formula is C21H19ClN6O3. The molecule has 9 nitrogen and oxygen atoms in total. The molecule has 3 heterocycles. The summed E-state index contributed by atoms with van der Waals surface area (Å²) in [4.78, 5) is 29.5. The number of pyridine rings is 1. The topological polar surface area (TPSA) is 107 Å². The Labute approximate surface area is 181 Å². The van der Waals surface area contributed by atoms with Gasteiger partial charge >= 0.3 is 5.69 Å². The zero-order chi connectivity index (χ0) is 21.4. The average molecular weight is 439 g/mol. The highest BCUT2D eigenvalue weighted by Gasteiger charge is 2.21. The number of benzene rings is 1. The van der Waals surface area contributed by atoms with Crippen LogP contribution >= 0.6 is 11.6 Å². The van der Waals surface area contributed by atoms with E-state index in [-0.39, 0.29) is 24.4 Å². The second-order valence-corrected chi connectivity index (χ2v) is 7.97. The maximum Gasteiger partial charge on any atom is 0.350 e. The molecule has 0 spiro atoms. The van der Waals surface area contributed by atoms with Crippen molar-refractivity contribution in [3.8, 4) is 22.8 Å². The van der Waals surface area contributed by atoms with Crippen molar-refractivity contribution in [3.05, 3.63) is 58.1 Å². The molecule has 3 aromatic heterocycles. The van der Waals surface area contributed by atoms with Gasteiger partial charge in [-0.2, -0.15) is 4.98 Å². The third-order valence-electron chi connectivity index (χ3n) is 5.38. The summed E-state index contributed by atoms with van der Waals surface area (Å²) in [5.41, 5.74) is 1.18. The largest absolute Gasteiger partial charge is 0.352 e. The summed E-state index contributed by atoms with van der Waals surface area (Å²) < 4.78 is 7.94. The second-order valence-electron chi connectivity index (χ2n) is 7.53. The number of carbonyl (C=O) groups excluding carboxylic acids is 1. The number of rotatable bonds is 5. The fraction of sp³-hybridized carbons (Fsp3) is 0.286. The van der Waals surface area contributed by atoms with Crippen LogP contribution in [0.4, 0.5) is 0 Å².